The molecule has 21 heavy (non-hydrogen) atoms. The van der Waals surface area contributed by atoms with Crippen molar-refractivity contribution in [3.63, 3.8) is 0 Å². The molecule has 0 bridgehead atoms. The van der Waals surface area contributed by atoms with E-state index in [1.807, 2.05) is 0 Å². The number of rotatable bonds is 4. The van der Waals surface area contributed by atoms with Gasteiger partial charge in [0.05, 0.1) is 24.0 Å². The van der Waals surface area contributed by atoms with Gasteiger partial charge in [0.25, 0.3) is 0 Å². The Labute approximate surface area is 116 Å². The van der Waals surface area contributed by atoms with Crippen molar-refractivity contribution in [2.24, 2.45) is 0 Å². The van der Waals surface area contributed by atoms with Crippen LogP contribution in [0.5, 0.6) is 0 Å². The van der Waals surface area contributed by atoms with E-state index < -0.39 is 29.2 Å². The second-order valence-electron chi connectivity index (χ2n) is 3.90. The molecule has 110 valence electrons. The number of carbonyl (C=O) groups is 2. The molecule has 2 rings (SSSR count). The molecule has 0 saturated heterocycles. The number of anilines is 1. The van der Waals surface area contributed by atoms with Gasteiger partial charge in [0.2, 0.25) is 0 Å². The van der Waals surface area contributed by atoms with E-state index in [1.54, 1.807) is 0 Å². The lowest BCUT2D eigenvalue weighted by atomic mass is 10.1. The summed E-state index contributed by atoms with van der Waals surface area (Å²) in [7, 11) is 0. The Morgan fingerprint density at radius 2 is 2.00 bits per heavy atom. The Bertz CT molecular complexity index is 673. The predicted molar refractivity (Wildman–Crippen MR) is 65.7 cm³/mol. The molecule has 0 aliphatic carbocycles. The van der Waals surface area contributed by atoms with Crippen LogP contribution < -0.4 is 10.6 Å². The first-order valence-corrected chi connectivity index (χ1v) is 5.64. The third-order valence-electron chi connectivity index (χ3n) is 2.45. The maximum absolute atomic E-state index is 13.1. The summed E-state index contributed by atoms with van der Waals surface area (Å²) in [5.41, 5.74) is -0.930. The van der Waals surface area contributed by atoms with Gasteiger partial charge >= 0.3 is 12.0 Å². The predicted octanol–water partition coefficient (Wildman–Crippen LogP) is 1.97. The molecule has 2 amide bonds. The molecule has 7 nitrogen and oxygen atoms in total. The van der Waals surface area contributed by atoms with Crippen LogP contribution in [0, 0.1) is 11.6 Å². The van der Waals surface area contributed by atoms with Gasteiger partial charge in [0, 0.05) is 12.1 Å². The topological polar surface area (TPSA) is 104 Å². The fourth-order valence-electron chi connectivity index (χ4n) is 1.49. The second-order valence-corrected chi connectivity index (χ2v) is 3.90. The molecule has 0 unspecified atom stereocenters. The average molecular weight is 297 g/mol. The van der Waals surface area contributed by atoms with Gasteiger partial charge in [-0.05, 0) is 6.07 Å². The number of urea groups is 1. The molecule has 0 spiro atoms. The fourth-order valence-corrected chi connectivity index (χ4v) is 1.49. The van der Waals surface area contributed by atoms with Gasteiger partial charge < -0.3 is 20.3 Å². The Hall–Kier alpha value is -2.97. The number of carboxylic acid groups (broad SMARTS) is 1. The van der Waals surface area contributed by atoms with Crippen molar-refractivity contribution < 1.29 is 28.0 Å². The summed E-state index contributed by atoms with van der Waals surface area (Å²) in [6.07, 6.45) is 1.38. The maximum Gasteiger partial charge on any atom is 0.337 e. The highest BCUT2D eigenvalue weighted by atomic mass is 19.2. The third-order valence-corrected chi connectivity index (χ3v) is 2.45. The van der Waals surface area contributed by atoms with Crippen molar-refractivity contribution in [2.75, 3.05) is 5.32 Å². The van der Waals surface area contributed by atoms with E-state index in [0.29, 0.717) is 17.9 Å². The second kappa shape index (κ2) is 5.99. The number of halogens is 2. The molecule has 0 fully saturated rings. The Morgan fingerprint density at radius 3 is 2.62 bits per heavy atom. The maximum atomic E-state index is 13.1. The molecular weight excluding hydrogens is 288 g/mol. The SMILES string of the molecule is O=C(NCc1ccno1)Nc1cc(F)c(F)cc1C(=O)O. The lowest BCUT2D eigenvalue weighted by molar-refractivity contribution is 0.0697. The summed E-state index contributed by atoms with van der Waals surface area (Å²) in [6.45, 7) is -0.00207. The van der Waals surface area contributed by atoms with Crippen LogP contribution in [0.2, 0.25) is 0 Å². The summed E-state index contributed by atoms with van der Waals surface area (Å²) in [5, 5.41) is 16.8. The highest BCUT2D eigenvalue weighted by Gasteiger charge is 2.17. The number of carboxylic acids is 1. The first kappa shape index (κ1) is 14.4. The van der Waals surface area contributed by atoms with E-state index in [-0.39, 0.29) is 12.2 Å². The number of nitrogens with one attached hydrogen (secondary N) is 2. The van der Waals surface area contributed by atoms with Crippen molar-refractivity contribution >= 4 is 17.7 Å². The van der Waals surface area contributed by atoms with Crippen molar-refractivity contribution in [1.82, 2.24) is 10.5 Å². The Balaban J connectivity index is 2.09. The van der Waals surface area contributed by atoms with Crippen LogP contribution in [0.3, 0.4) is 0 Å². The van der Waals surface area contributed by atoms with Gasteiger partial charge in [-0.2, -0.15) is 0 Å². The summed E-state index contributed by atoms with van der Waals surface area (Å²) < 4.78 is 30.9. The molecule has 9 heteroatoms. The van der Waals surface area contributed by atoms with Crippen molar-refractivity contribution in [3.05, 3.63) is 47.4 Å². The zero-order valence-electron chi connectivity index (χ0n) is 10.4. The average Bonchev–Trinajstić information content (AvgIpc) is 2.93. The number of benzene rings is 1. The minimum absolute atomic E-state index is 0.00207. The van der Waals surface area contributed by atoms with E-state index in [9.17, 15) is 18.4 Å². The number of nitrogens with zero attached hydrogens (tertiary/aromatic N) is 1. The largest absolute Gasteiger partial charge is 0.478 e. The number of amides is 2. The quantitative estimate of drug-likeness (QED) is 0.800. The van der Waals surface area contributed by atoms with Crippen LogP contribution in [0.1, 0.15) is 16.1 Å². The Morgan fingerprint density at radius 1 is 1.29 bits per heavy atom. The number of aromatic nitrogens is 1. The van der Waals surface area contributed by atoms with Crippen LogP contribution in [0.25, 0.3) is 0 Å². The van der Waals surface area contributed by atoms with Crippen LogP contribution in [-0.2, 0) is 6.54 Å². The zero-order valence-corrected chi connectivity index (χ0v) is 10.4. The molecule has 0 aliphatic rings. The van der Waals surface area contributed by atoms with E-state index in [0.717, 1.165) is 0 Å². The van der Waals surface area contributed by atoms with E-state index >= 15 is 0 Å². The molecule has 0 atom stereocenters. The summed E-state index contributed by atoms with van der Waals surface area (Å²) in [6, 6.07) is 1.79. The molecular formula is C12H9F2N3O4. The molecule has 0 radical (unpaired) electrons. The van der Waals surface area contributed by atoms with Gasteiger partial charge in [0.1, 0.15) is 0 Å². The van der Waals surface area contributed by atoms with Gasteiger partial charge in [-0.15, -0.1) is 0 Å². The molecule has 0 saturated carbocycles. The van der Waals surface area contributed by atoms with Gasteiger partial charge in [0.15, 0.2) is 17.4 Å². The normalized spacial score (nSPS) is 10.2. The van der Waals surface area contributed by atoms with Crippen LogP contribution in [0.4, 0.5) is 19.3 Å². The van der Waals surface area contributed by atoms with E-state index in [4.69, 9.17) is 9.63 Å². The summed E-state index contributed by atoms with van der Waals surface area (Å²) in [4.78, 5) is 22.5. The lowest BCUT2D eigenvalue weighted by Crippen LogP contribution is -2.29. The lowest BCUT2D eigenvalue weighted by Gasteiger charge is -2.09. The number of carbonyl (C=O) groups excluding carboxylic acids is 1. The number of hydrogen-bond acceptors (Lipinski definition) is 4. The van der Waals surface area contributed by atoms with Crippen LogP contribution in [0.15, 0.2) is 28.9 Å². The van der Waals surface area contributed by atoms with Crippen LogP contribution in [-0.4, -0.2) is 22.3 Å². The first-order valence-electron chi connectivity index (χ1n) is 5.64. The minimum atomic E-state index is -1.50. The third kappa shape index (κ3) is 3.53. The zero-order chi connectivity index (χ0) is 15.4. The molecule has 1 heterocycles. The standard InChI is InChI=1S/C12H9F2N3O4/c13-8-3-7(11(18)19)10(4-9(8)14)17-12(20)15-5-6-1-2-16-21-6/h1-4H,5H2,(H,18,19)(H2,15,17,20). The summed E-state index contributed by atoms with van der Waals surface area (Å²) in [5.74, 6) is -3.72. The number of hydrogen-bond donors (Lipinski definition) is 3. The fraction of sp³-hybridized carbons (Fsp3) is 0.0833. The highest BCUT2D eigenvalue weighted by Crippen LogP contribution is 2.20. The number of aromatic carboxylic acids is 1. The first-order chi connectivity index (χ1) is 9.97. The summed E-state index contributed by atoms with van der Waals surface area (Å²) >= 11 is 0. The smallest absolute Gasteiger partial charge is 0.337 e. The molecule has 3 N–H and O–H groups in total. The van der Waals surface area contributed by atoms with Crippen molar-refractivity contribution in [3.8, 4) is 0 Å². The Kier molecular flexibility index (Phi) is 4.12. The van der Waals surface area contributed by atoms with Crippen LogP contribution >= 0.6 is 0 Å². The molecule has 1 aromatic carbocycles. The van der Waals surface area contributed by atoms with E-state index in [1.165, 1.54) is 12.3 Å². The molecule has 0 aliphatic heterocycles. The van der Waals surface area contributed by atoms with Gasteiger partial charge in [-0.3, -0.25) is 0 Å². The van der Waals surface area contributed by atoms with Gasteiger partial charge in [-0.25, -0.2) is 18.4 Å². The van der Waals surface area contributed by atoms with Crippen molar-refractivity contribution in [2.45, 2.75) is 6.54 Å². The molecule has 1 aromatic heterocycles. The van der Waals surface area contributed by atoms with Gasteiger partial charge in [-0.1, -0.05) is 5.16 Å². The minimum Gasteiger partial charge on any atom is -0.478 e. The monoisotopic (exact) mass is 297 g/mol. The molecule has 2 aromatic rings. The van der Waals surface area contributed by atoms with Crippen molar-refractivity contribution in [1.29, 1.82) is 0 Å². The highest BCUT2D eigenvalue weighted by molar-refractivity contribution is 6.00. The van der Waals surface area contributed by atoms with E-state index in [2.05, 4.69) is 15.8 Å².